The molecule has 5 nitrogen and oxygen atoms in total. The number of fused-ring (bicyclic) bond motifs is 1. The third kappa shape index (κ3) is 2.44. The normalized spacial score (nSPS) is 11.0. The molecule has 4 rings (SSSR count). The Morgan fingerprint density at radius 1 is 1.13 bits per heavy atom. The number of aromatic amines is 1. The molecule has 0 amide bonds. The van der Waals surface area contributed by atoms with Gasteiger partial charge in [0, 0.05) is 30.7 Å². The zero-order valence-corrected chi connectivity index (χ0v) is 12.1. The van der Waals surface area contributed by atoms with Crippen LogP contribution in [0.15, 0.2) is 59.6 Å². The number of halogens is 1. The van der Waals surface area contributed by atoms with Gasteiger partial charge < -0.3 is 14.7 Å². The fraction of sp³-hybridized carbons (Fsp3) is 0.0588. The third-order valence-corrected chi connectivity index (χ3v) is 3.65. The number of benzene rings is 1. The molecule has 3 aromatic heterocycles. The molecule has 23 heavy (non-hydrogen) atoms. The number of aromatic nitrogens is 3. The Morgan fingerprint density at radius 3 is 2.96 bits per heavy atom. The number of anilines is 1. The fourth-order valence-electron chi connectivity index (χ4n) is 2.55. The minimum Gasteiger partial charge on any atom is -0.464 e. The molecular formula is C17H13FN4O. The van der Waals surface area contributed by atoms with Crippen molar-refractivity contribution in [2.24, 2.45) is 0 Å². The van der Waals surface area contributed by atoms with Crippen molar-refractivity contribution in [1.29, 1.82) is 0 Å². The lowest BCUT2D eigenvalue weighted by Gasteiger charge is -2.10. The summed E-state index contributed by atoms with van der Waals surface area (Å²) in [5, 5.41) is 3.75. The summed E-state index contributed by atoms with van der Waals surface area (Å²) < 4.78 is 19.1. The van der Waals surface area contributed by atoms with Crippen LogP contribution in [0.1, 0.15) is 5.56 Å². The molecule has 0 aliphatic rings. The van der Waals surface area contributed by atoms with E-state index in [1.807, 2.05) is 12.1 Å². The van der Waals surface area contributed by atoms with Crippen molar-refractivity contribution >= 4 is 16.8 Å². The van der Waals surface area contributed by atoms with Crippen molar-refractivity contribution in [3.8, 4) is 11.4 Å². The van der Waals surface area contributed by atoms with Crippen LogP contribution >= 0.6 is 0 Å². The van der Waals surface area contributed by atoms with Crippen LogP contribution in [0.5, 0.6) is 0 Å². The van der Waals surface area contributed by atoms with Gasteiger partial charge in [0.2, 0.25) is 0 Å². The predicted octanol–water partition coefficient (Wildman–Crippen LogP) is 3.97. The van der Waals surface area contributed by atoms with Crippen molar-refractivity contribution in [2.75, 3.05) is 5.32 Å². The second-order valence-electron chi connectivity index (χ2n) is 5.06. The molecule has 0 unspecified atom stereocenters. The van der Waals surface area contributed by atoms with E-state index in [1.54, 1.807) is 30.7 Å². The molecule has 0 spiro atoms. The van der Waals surface area contributed by atoms with Crippen LogP contribution in [0.3, 0.4) is 0 Å². The molecule has 1 aromatic carbocycles. The van der Waals surface area contributed by atoms with E-state index in [-0.39, 0.29) is 5.82 Å². The van der Waals surface area contributed by atoms with Gasteiger partial charge in [-0.05, 0) is 24.3 Å². The number of nitrogens with one attached hydrogen (secondary N) is 2. The van der Waals surface area contributed by atoms with Gasteiger partial charge in [-0.25, -0.2) is 14.4 Å². The van der Waals surface area contributed by atoms with E-state index in [4.69, 9.17) is 4.42 Å². The molecule has 0 bridgehead atoms. The number of pyridine rings is 1. The van der Waals surface area contributed by atoms with Crippen LogP contribution in [0, 0.1) is 5.82 Å². The zero-order valence-electron chi connectivity index (χ0n) is 12.1. The Kier molecular flexibility index (Phi) is 3.27. The largest absolute Gasteiger partial charge is 0.464 e. The van der Waals surface area contributed by atoms with Crippen molar-refractivity contribution < 1.29 is 8.81 Å². The maximum atomic E-state index is 13.7. The first kappa shape index (κ1) is 13.5. The summed E-state index contributed by atoms with van der Waals surface area (Å²) in [6.45, 7) is 0.467. The van der Waals surface area contributed by atoms with Gasteiger partial charge in [0.25, 0.3) is 0 Å². The SMILES string of the molecule is Fc1ccc(CNc2ncccc2-c2ncc[nH]2)c2occc12. The monoisotopic (exact) mass is 308 g/mol. The Labute approximate surface area is 131 Å². The van der Waals surface area contributed by atoms with Crippen LogP contribution in [0.4, 0.5) is 10.2 Å². The molecule has 0 aliphatic heterocycles. The van der Waals surface area contributed by atoms with E-state index in [1.165, 1.54) is 12.3 Å². The number of hydrogen-bond donors (Lipinski definition) is 2. The van der Waals surface area contributed by atoms with Gasteiger partial charge in [0.1, 0.15) is 23.0 Å². The molecule has 0 saturated heterocycles. The Bertz CT molecular complexity index is 946. The van der Waals surface area contributed by atoms with Gasteiger partial charge in [0.05, 0.1) is 17.2 Å². The average molecular weight is 308 g/mol. The van der Waals surface area contributed by atoms with E-state index >= 15 is 0 Å². The molecule has 0 radical (unpaired) electrons. The zero-order chi connectivity index (χ0) is 15.6. The van der Waals surface area contributed by atoms with E-state index in [9.17, 15) is 4.39 Å². The van der Waals surface area contributed by atoms with Crippen molar-refractivity contribution in [2.45, 2.75) is 6.54 Å². The molecule has 3 heterocycles. The summed E-state index contributed by atoms with van der Waals surface area (Å²) in [6, 6.07) is 8.57. The molecule has 114 valence electrons. The van der Waals surface area contributed by atoms with E-state index in [0.717, 1.165) is 17.0 Å². The lowest BCUT2D eigenvalue weighted by Crippen LogP contribution is -2.03. The number of rotatable bonds is 4. The molecule has 4 aromatic rings. The number of H-pyrrole nitrogens is 1. The maximum absolute atomic E-state index is 13.7. The first-order chi connectivity index (χ1) is 11.3. The minimum atomic E-state index is -0.286. The summed E-state index contributed by atoms with van der Waals surface area (Å²) in [4.78, 5) is 11.7. The van der Waals surface area contributed by atoms with Gasteiger partial charge in [0.15, 0.2) is 0 Å². The lowest BCUT2D eigenvalue weighted by molar-refractivity contribution is 0.606. The summed E-state index contributed by atoms with van der Waals surface area (Å²) in [5.41, 5.74) is 2.28. The van der Waals surface area contributed by atoms with Crippen LogP contribution in [0.2, 0.25) is 0 Å². The molecule has 0 atom stereocenters. The van der Waals surface area contributed by atoms with Crippen LogP contribution in [-0.2, 0) is 6.54 Å². The first-order valence-electron chi connectivity index (χ1n) is 7.16. The van der Waals surface area contributed by atoms with E-state index in [0.29, 0.717) is 23.3 Å². The van der Waals surface area contributed by atoms with E-state index in [2.05, 4.69) is 20.3 Å². The lowest BCUT2D eigenvalue weighted by atomic mass is 10.1. The van der Waals surface area contributed by atoms with E-state index < -0.39 is 0 Å². The number of furan rings is 1. The summed E-state index contributed by atoms with van der Waals surface area (Å²) in [6.07, 6.45) is 6.66. The predicted molar refractivity (Wildman–Crippen MR) is 85.3 cm³/mol. The highest BCUT2D eigenvalue weighted by Gasteiger charge is 2.11. The summed E-state index contributed by atoms with van der Waals surface area (Å²) in [7, 11) is 0. The third-order valence-electron chi connectivity index (χ3n) is 3.65. The second kappa shape index (κ2) is 5.57. The average Bonchev–Trinajstić information content (AvgIpc) is 3.27. The second-order valence-corrected chi connectivity index (χ2v) is 5.06. The number of hydrogen-bond acceptors (Lipinski definition) is 4. The van der Waals surface area contributed by atoms with Gasteiger partial charge in [-0.3, -0.25) is 0 Å². The quantitative estimate of drug-likeness (QED) is 0.598. The number of imidazole rings is 1. The Morgan fingerprint density at radius 2 is 2.09 bits per heavy atom. The van der Waals surface area contributed by atoms with Crippen LogP contribution < -0.4 is 5.32 Å². The Hall–Kier alpha value is -3.15. The van der Waals surface area contributed by atoms with Gasteiger partial charge in [-0.2, -0.15) is 0 Å². The Balaban J connectivity index is 1.65. The van der Waals surface area contributed by atoms with Crippen molar-refractivity contribution in [3.05, 3.63) is 66.6 Å². The van der Waals surface area contributed by atoms with Crippen molar-refractivity contribution in [3.63, 3.8) is 0 Å². The summed E-state index contributed by atoms with van der Waals surface area (Å²) in [5.74, 6) is 1.15. The smallest absolute Gasteiger partial charge is 0.141 e. The maximum Gasteiger partial charge on any atom is 0.141 e. The molecule has 0 fully saturated rings. The van der Waals surface area contributed by atoms with Crippen LogP contribution in [-0.4, -0.2) is 15.0 Å². The van der Waals surface area contributed by atoms with Crippen LogP contribution in [0.25, 0.3) is 22.4 Å². The first-order valence-corrected chi connectivity index (χ1v) is 7.16. The topological polar surface area (TPSA) is 66.7 Å². The molecule has 6 heteroatoms. The molecule has 2 N–H and O–H groups in total. The highest BCUT2D eigenvalue weighted by atomic mass is 19.1. The highest BCUT2D eigenvalue weighted by Crippen LogP contribution is 2.26. The fourth-order valence-corrected chi connectivity index (χ4v) is 2.55. The highest BCUT2D eigenvalue weighted by molar-refractivity contribution is 5.81. The minimum absolute atomic E-state index is 0.286. The molecule has 0 saturated carbocycles. The van der Waals surface area contributed by atoms with Gasteiger partial charge >= 0.3 is 0 Å². The number of nitrogens with zero attached hydrogens (tertiary/aromatic N) is 2. The molecular weight excluding hydrogens is 295 g/mol. The van der Waals surface area contributed by atoms with Crippen molar-refractivity contribution in [1.82, 2.24) is 15.0 Å². The van der Waals surface area contributed by atoms with Gasteiger partial charge in [-0.1, -0.05) is 6.07 Å². The molecule has 0 aliphatic carbocycles. The van der Waals surface area contributed by atoms with Gasteiger partial charge in [-0.15, -0.1) is 0 Å². The summed E-state index contributed by atoms with van der Waals surface area (Å²) >= 11 is 0. The standard InChI is InChI=1S/C17H13FN4O/c18-14-4-3-11(15-12(14)5-9-23-15)10-22-17-13(2-1-6-19-17)16-20-7-8-21-16/h1-9H,10H2,(H,19,22)(H,20,21).